The maximum absolute atomic E-state index is 4.76. The highest BCUT2D eigenvalue weighted by Gasteiger charge is 2.13. The summed E-state index contributed by atoms with van der Waals surface area (Å²) in [5.41, 5.74) is 1.93. The van der Waals surface area contributed by atoms with Crippen LogP contribution in [0.2, 0.25) is 0 Å². The summed E-state index contributed by atoms with van der Waals surface area (Å²) in [4.78, 5) is 16.0. The SMILES string of the molecule is CCc1cc2c(Nc3ccccc3)nc(-c3cccnc3)nc2s1. The first-order valence-electron chi connectivity index (χ1n) is 7.86. The number of fused-ring (bicyclic) bond motifs is 1. The zero-order chi connectivity index (χ0) is 16.4. The molecule has 0 unspecified atom stereocenters. The molecule has 3 heterocycles. The van der Waals surface area contributed by atoms with Gasteiger partial charge in [0.05, 0.1) is 5.39 Å². The molecule has 0 spiro atoms. The van der Waals surface area contributed by atoms with Crippen molar-refractivity contribution in [2.24, 2.45) is 0 Å². The Morgan fingerprint density at radius 3 is 2.67 bits per heavy atom. The summed E-state index contributed by atoms with van der Waals surface area (Å²) in [5.74, 6) is 1.53. The zero-order valence-corrected chi connectivity index (χ0v) is 14.0. The third-order valence-corrected chi connectivity index (χ3v) is 4.92. The van der Waals surface area contributed by atoms with Crippen LogP contribution in [-0.2, 0) is 6.42 Å². The Labute approximate surface area is 144 Å². The van der Waals surface area contributed by atoms with Crippen LogP contribution in [0, 0.1) is 0 Å². The molecule has 3 aromatic heterocycles. The van der Waals surface area contributed by atoms with E-state index in [0.717, 1.165) is 33.7 Å². The lowest BCUT2D eigenvalue weighted by atomic mass is 10.2. The van der Waals surface area contributed by atoms with Crippen molar-refractivity contribution in [3.8, 4) is 11.4 Å². The predicted molar refractivity (Wildman–Crippen MR) is 99.7 cm³/mol. The van der Waals surface area contributed by atoms with E-state index in [2.05, 4.69) is 23.3 Å². The minimum absolute atomic E-state index is 0.693. The normalized spacial score (nSPS) is 10.9. The highest BCUT2D eigenvalue weighted by atomic mass is 32.1. The lowest BCUT2D eigenvalue weighted by molar-refractivity contribution is 1.19. The van der Waals surface area contributed by atoms with Crippen molar-refractivity contribution in [2.45, 2.75) is 13.3 Å². The van der Waals surface area contributed by atoms with E-state index in [1.807, 2.05) is 42.5 Å². The second-order valence-corrected chi connectivity index (χ2v) is 6.53. The van der Waals surface area contributed by atoms with E-state index in [1.54, 1.807) is 23.7 Å². The van der Waals surface area contributed by atoms with Crippen molar-refractivity contribution in [1.29, 1.82) is 0 Å². The van der Waals surface area contributed by atoms with Crippen LogP contribution in [0.15, 0.2) is 60.9 Å². The average molecular weight is 332 g/mol. The molecule has 0 aliphatic heterocycles. The van der Waals surface area contributed by atoms with Gasteiger partial charge in [0.25, 0.3) is 0 Å². The molecule has 0 fully saturated rings. The van der Waals surface area contributed by atoms with Gasteiger partial charge in [0.2, 0.25) is 0 Å². The van der Waals surface area contributed by atoms with Gasteiger partial charge in [-0.05, 0) is 36.8 Å². The smallest absolute Gasteiger partial charge is 0.164 e. The van der Waals surface area contributed by atoms with Crippen LogP contribution in [0.25, 0.3) is 21.6 Å². The maximum atomic E-state index is 4.76. The molecule has 4 aromatic rings. The van der Waals surface area contributed by atoms with E-state index >= 15 is 0 Å². The summed E-state index contributed by atoms with van der Waals surface area (Å²) in [6, 6.07) is 16.1. The molecular formula is C19H16N4S. The molecule has 0 aliphatic rings. The van der Waals surface area contributed by atoms with Gasteiger partial charge >= 0.3 is 0 Å². The number of rotatable bonds is 4. The van der Waals surface area contributed by atoms with Gasteiger partial charge in [-0.25, -0.2) is 9.97 Å². The molecule has 24 heavy (non-hydrogen) atoms. The fourth-order valence-electron chi connectivity index (χ4n) is 2.52. The quantitative estimate of drug-likeness (QED) is 0.567. The standard InChI is InChI=1S/C19H16N4S/c1-2-15-11-16-18(21-14-8-4-3-5-9-14)22-17(23-19(16)24-15)13-7-6-10-20-12-13/h3-12H,2H2,1H3,(H,21,22,23). The molecule has 0 saturated heterocycles. The van der Waals surface area contributed by atoms with E-state index < -0.39 is 0 Å². The second-order valence-electron chi connectivity index (χ2n) is 5.41. The molecule has 0 atom stereocenters. The maximum Gasteiger partial charge on any atom is 0.164 e. The summed E-state index contributed by atoms with van der Waals surface area (Å²) >= 11 is 1.72. The second kappa shape index (κ2) is 6.37. The first kappa shape index (κ1) is 14.8. The van der Waals surface area contributed by atoms with Gasteiger partial charge in [-0.15, -0.1) is 11.3 Å². The number of benzene rings is 1. The summed E-state index contributed by atoms with van der Waals surface area (Å²) in [5, 5.41) is 4.49. The molecule has 0 amide bonds. The molecule has 4 nitrogen and oxygen atoms in total. The summed E-state index contributed by atoms with van der Waals surface area (Å²) in [7, 11) is 0. The van der Waals surface area contributed by atoms with Gasteiger partial charge in [0.15, 0.2) is 5.82 Å². The molecule has 5 heteroatoms. The number of anilines is 2. The van der Waals surface area contributed by atoms with Crippen molar-refractivity contribution < 1.29 is 0 Å². The highest BCUT2D eigenvalue weighted by Crippen LogP contribution is 2.32. The lowest BCUT2D eigenvalue weighted by Crippen LogP contribution is -1.98. The van der Waals surface area contributed by atoms with Gasteiger partial charge < -0.3 is 5.32 Å². The van der Waals surface area contributed by atoms with Crippen molar-refractivity contribution in [2.75, 3.05) is 5.32 Å². The minimum Gasteiger partial charge on any atom is -0.340 e. The molecule has 1 N–H and O–H groups in total. The number of para-hydroxylation sites is 1. The van der Waals surface area contributed by atoms with Crippen LogP contribution >= 0.6 is 11.3 Å². The van der Waals surface area contributed by atoms with E-state index in [0.29, 0.717) is 5.82 Å². The van der Waals surface area contributed by atoms with Crippen LogP contribution in [0.3, 0.4) is 0 Å². The van der Waals surface area contributed by atoms with Crippen molar-refractivity contribution in [3.63, 3.8) is 0 Å². The Morgan fingerprint density at radius 2 is 1.92 bits per heavy atom. The Kier molecular flexibility index (Phi) is 3.92. The van der Waals surface area contributed by atoms with E-state index in [9.17, 15) is 0 Å². The number of aromatic nitrogens is 3. The number of hydrogen-bond donors (Lipinski definition) is 1. The van der Waals surface area contributed by atoms with Crippen molar-refractivity contribution in [3.05, 3.63) is 65.8 Å². The molecule has 4 rings (SSSR count). The first-order valence-corrected chi connectivity index (χ1v) is 8.68. The third-order valence-electron chi connectivity index (χ3n) is 3.75. The highest BCUT2D eigenvalue weighted by molar-refractivity contribution is 7.18. The van der Waals surface area contributed by atoms with Gasteiger partial charge in [-0.3, -0.25) is 4.98 Å². The minimum atomic E-state index is 0.693. The van der Waals surface area contributed by atoms with Gasteiger partial charge in [-0.1, -0.05) is 25.1 Å². The number of pyridine rings is 1. The van der Waals surface area contributed by atoms with Crippen LogP contribution in [0.5, 0.6) is 0 Å². The molecule has 0 aliphatic carbocycles. The van der Waals surface area contributed by atoms with Crippen LogP contribution in [-0.4, -0.2) is 15.0 Å². The number of hydrogen-bond acceptors (Lipinski definition) is 5. The van der Waals surface area contributed by atoms with Crippen molar-refractivity contribution in [1.82, 2.24) is 15.0 Å². The lowest BCUT2D eigenvalue weighted by Gasteiger charge is -2.08. The third kappa shape index (κ3) is 2.86. The Bertz CT molecular complexity index is 965. The number of nitrogens with one attached hydrogen (secondary N) is 1. The molecule has 0 saturated carbocycles. The zero-order valence-electron chi connectivity index (χ0n) is 13.2. The average Bonchev–Trinajstić information content (AvgIpc) is 3.07. The number of thiophene rings is 1. The molecule has 118 valence electrons. The van der Waals surface area contributed by atoms with E-state index in [-0.39, 0.29) is 0 Å². The fraction of sp³-hybridized carbons (Fsp3) is 0.105. The Morgan fingerprint density at radius 1 is 1.04 bits per heavy atom. The largest absolute Gasteiger partial charge is 0.340 e. The Balaban J connectivity index is 1.87. The fourth-order valence-corrected chi connectivity index (χ4v) is 3.49. The molecule has 0 bridgehead atoms. The van der Waals surface area contributed by atoms with Crippen LogP contribution in [0.4, 0.5) is 11.5 Å². The van der Waals surface area contributed by atoms with Gasteiger partial charge in [0, 0.05) is 28.5 Å². The molecular weight excluding hydrogens is 316 g/mol. The predicted octanol–water partition coefficient (Wildman–Crippen LogP) is 5.06. The van der Waals surface area contributed by atoms with Gasteiger partial charge in [0.1, 0.15) is 10.6 Å². The van der Waals surface area contributed by atoms with E-state index in [4.69, 9.17) is 9.97 Å². The van der Waals surface area contributed by atoms with Gasteiger partial charge in [-0.2, -0.15) is 0 Å². The first-order chi connectivity index (χ1) is 11.8. The monoisotopic (exact) mass is 332 g/mol. The molecule has 0 radical (unpaired) electrons. The number of aryl methyl sites for hydroxylation is 1. The van der Waals surface area contributed by atoms with Crippen molar-refractivity contribution >= 4 is 33.1 Å². The summed E-state index contributed by atoms with van der Waals surface area (Å²) < 4.78 is 0. The summed E-state index contributed by atoms with van der Waals surface area (Å²) in [6.45, 7) is 2.16. The van der Waals surface area contributed by atoms with Crippen LogP contribution < -0.4 is 5.32 Å². The van der Waals surface area contributed by atoms with Crippen LogP contribution in [0.1, 0.15) is 11.8 Å². The topological polar surface area (TPSA) is 50.7 Å². The number of nitrogens with zero attached hydrogens (tertiary/aromatic N) is 3. The van der Waals surface area contributed by atoms with E-state index in [1.165, 1.54) is 4.88 Å². The molecule has 1 aromatic carbocycles. The summed E-state index contributed by atoms with van der Waals surface area (Å²) in [6.07, 6.45) is 4.54. The Hall–Kier alpha value is -2.79.